The van der Waals surface area contributed by atoms with E-state index in [-0.39, 0.29) is 16.1 Å². The van der Waals surface area contributed by atoms with Crippen LogP contribution in [0, 0.1) is 11.8 Å². The van der Waals surface area contributed by atoms with E-state index in [0.717, 1.165) is 36.7 Å². The van der Waals surface area contributed by atoms with Crippen LogP contribution in [0.25, 0.3) is 0 Å². The van der Waals surface area contributed by atoms with Crippen molar-refractivity contribution in [2.75, 3.05) is 11.6 Å². The third-order valence-corrected chi connectivity index (χ3v) is 3.71. The maximum absolute atomic E-state index is 13.6. The minimum atomic E-state index is -3.54. The predicted molar refractivity (Wildman–Crippen MR) is 71.7 cm³/mol. The van der Waals surface area contributed by atoms with Gasteiger partial charge in [0.15, 0.2) is 9.84 Å². The van der Waals surface area contributed by atoms with E-state index in [1.165, 1.54) is 6.07 Å². The molecule has 21 heavy (non-hydrogen) atoms. The van der Waals surface area contributed by atoms with Crippen molar-refractivity contribution in [2.24, 2.45) is 0 Å². The fourth-order valence-corrected chi connectivity index (χ4v) is 2.22. The average molecular weight is 312 g/mol. The third-order valence-electron chi connectivity index (χ3n) is 2.60. The molecule has 110 valence electrons. The smallest absolute Gasteiger partial charge is 0.255 e. The molecule has 1 aromatic heterocycles. The van der Waals surface area contributed by atoms with E-state index in [9.17, 15) is 22.0 Å². The summed E-state index contributed by atoms with van der Waals surface area (Å²) in [6.45, 7) is 0. The van der Waals surface area contributed by atoms with E-state index in [2.05, 4.69) is 10.3 Å². The van der Waals surface area contributed by atoms with Gasteiger partial charge in [0.25, 0.3) is 5.91 Å². The molecule has 8 heteroatoms. The summed E-state index contributed by atoms with van der Waals surface area (Å²) in [6, 6.07) is 5.15. The minimum absolute atomic E-state index is 0.0633. The van der Waals surface area contributed by atoms with E-state index >= 15 is 0 Å². The van der Waals surface area contributed by atoms with Gasteiger partial charge in [-0.2, -0.15) is 4.39 Å². The summed E-state index contributed by atoms with van der Waals surface area (Å²) in [5.74, 6) is -2.43. The number of nitrogens with one attached hydrogen (secondary N) is 1. The van der Waals surface area contributed by atoms with Crippen molar-refractivity contribution in [3.63, 3.8) is 0 Å². The van der Waals surface area contributed by atoms with Crippen molar-refractivity contribution in [3.8, 4) is 0 Å². The van der Waals surface area contributed by atoms with Crippen LogP contribution in [-0.4, -0.2) is 25.6 Å². The number of carbonyl (C=O) groups is 1. The van der Waals surface area contributed by atoms with Crippen molar-refractivity contribution >= 4 is 21.4 Å². The molecular formula is C13H10F2N2O3S. The molecule has 5 nitrogen and oxygen atoms in total. The standard InChI is InChI=1S/C13H10F2N2O3S/c1-21(19,20)9-2-3-10(14)11(7-9)17-13(18)8-4-5-16-12(15)6-8/h2-7H,1H3,(H,17,18). The zero-order valence-electron chi connectivity index (χ0n) is 10.8. The van der Waals surface area contributed by atoms with Gasteiger partial charge in [0.05, 0.1) is 10.6 Å². The highest BCUT2D eigenvalue weighted by Crippen LogP contribution is 2.20. The fraction of sp³-hybridized carbons (Fsp3) is 0.0769. The lowest BCUT2D eigenvalue weighted by molar-refractivity contribution is 0.102. The van der Waals surface area contributed by atoms with Gasteiger partial charge in [-0.15, -0.1) is 0 Å². The zero-order chi connectivity index (χ0) is 15.6. The quantitative estimate of drug-likeness (QED) is 0.695. The second-order valence-corrected chi connectivity index (χ2v) is 6.25. The number of aromatic nitrogens is 1. The maximum Gasteiger partial charge on any atom is 0.255 e. The van der Waals surface area contributed by atoms with Crippen LogP contribution in [0.15, 0.2) is 41.4 Å². The normalized spacial score (nSPS) is 11.2. The van der Waals surface area contributed by atoms with Crippen LogP contribution in [0.3, 0.4) is 0 Å². The molecule has 0 saturated carbocycles. The number of benzene rings is 1. The number of halogens is 2. The summed E-state index contributed by atoms with van der Waals surface area (Å²) in [5.41, 5.74) is -0.369. The molecular weight excluding hydrogens is 302 g/mol. The fourth-order valence-electron chi connectivity index (χ4n) is 1.57. The molecule has 0 atom stereocenters. The summed E-state index contributed by atoms with van der Waals surface area (Å²) in [4.78, 5) is 15.0. The Morgan fingerprint density at radius 1 is 1.19 bits per heavy atom. The van der Waals surface area contributed by atoms with Crippen molar-refractivity contribution in [3.05, 3.63) is 53.9 Å². The van der Waals surface area contributed by atoms with Gasteiger partial charge < -0.3 is 5.32 Å². The molecule has 2 aromatic rings. The molecule has 1 N–H and O–H groups in total. The van der Waals surface area contributed by atoms with E-state index in [4.69, 9.17) is 0 Å². The SMILES string of the molecule is CS(=O)(=O)c1ccc(F)c(NC(=O)c2ccnc(F)c2)c1. The molecule has 0 saturated heterocycles. The summed E-state index contributed by atoms with van der Waals surface area (Å²) in [7, 11) is -3.54. The average Bonchev–Trinajstić information content (AvgIpc) is 2.40. The lowest BCUT2D eigenvalue weighted by atomic mass is 10.2. The molecule has 0 aliphatic rings. The number of pyridine rings is 1. The van der Waals surface area contributed by atoms with Crippen LogP contribution in [0.4, 0.5) is 14.5 Å². The van der Waals surface area contributed by atoms with Gasteiger partial charge in [-0.1, -0.05) is 0 Å². The van der Waals surface area contributed by atoms with Gasteiger partial charge >= 0.3 is 0 Å². The highest BCUT2D eigenvalue weighted by atomic mass is 32.2. The minimum Gasteiger partial charge on any atom is -0.319 e. The third kappa shape index (κ3) is 3.60. The second kappa shape index (κ2) is 5.57. The molecule has 0 bridgehead atoms. The number of carbonyl (C=O) groups excluding carboxylic acids is 1. The first-order valence-corrected chi connectivity index (χ1v) is 7.59. The Balaban J connectivity index is 2.33. The van der Waals surface area contributed by atoms with Crippen molar-refractivity contribution in [1.29, 1.82) is 0 Å². The van der Waals surface area contributed by atoms with E-state index in [0.29, 0.717) is 0 Å². The second-order valence-electron chi connectivity index (χ2n) is 4.24. The van der Waals surface area contributed by atoms with Gasteiger partial charge in [-0.25, -0.2) is 17.8 Å². The Morgan fingerprint density at radius 3 is 2.52 bits per heavy atom. The maximum atomic E-state index is 13.6. The number of anilines is 1. The first-order valence-electron chi connectivity index (χ1n) is 5.70. The van der Waals surface area contributed by atoms with Crippen LogP contribution >= 0.6 is 0 Å². The largest absolute Gasteiger partial charge is 0.319 e. The lowest BCUT2D eigenvalue weighted by Gasteiger charge is -2.08. The Morgan fingerprint density at radius 2 is 1.90 bits per heavy atom. The molecule has 0 fully saturated rings. The van der Waals surface area contributed by atoms with Gasteiger partial charge in [-0.05, 0) is 24.3 Å². The molecule has 1 aromatic carbocycles. The Hall–Kier alpha value is -2.35. The molecule has 0 radical (unpaired) electrons. The number of amides is 1. The number of hydrogen-bond donors (Lipinski definition) is 1. The van der Waals surface area contributed by atoms with E-state index in [1.54, 1.807) is 0 Å². The van der Waals surface area contributed by atoms with E-state index in [1.807, 2.05) is 0 Å². The van der Waals surface area contributed by atoms with Gasteiger partial charge in [0, 0.05) is 24.1 Å². The van der Waals surface area contributed by atoms with Crippen LogP contribution in [0.1, 0.15) is 10.4 Å². The Bertz CT molecular complexity index is 807. The predicted octanol–water partition coefficient (Wildman–Crippen LogP) is 2.02. The number of hydrogen-bond acceptors (Lipinski definition) is 4. The van der Waals surface area contributed by atoms with Crippen LogP contribution in [0.2, 0.25) is 0 Å². The van der Waals surface area contributed by atoms with Crippen molar-refractivity contribution < 1.29 is 22.0 Å². The van der Waals surface area contributed by atoms with Crippen LogP contribution < -0.4 is 5.32 Å². The number of sulfone groups is 1. The Labute approximate surface area is 119 Å². The first-order chi connectivity index (χ1) is 9.77. The van der Waals surface area contributed by atoms with Crippen molar-refractivity contribution in [2.45, 2.75) is 4.90 Å². The Kier molecular flexibility index (Phi) is 3.99. The van der Waals surface area contributed by atoms with Gasteiger partial charge in [-0.3, -0.25) is 4.79 Å². The molecule has 0 aliphatic carbocycles. The van der Waals surface area contributed by atoms with Gasteiger partial charge in [0.2, 0.25) is 5.95 Å². The number of rotatable bonds is 3. The van der Waals surface area contributed by atoms with E-state index < -0.39 is 27.5 Å². The molecule has 1 heterocycles. The topological polar surface area (TPSA) is 76.1 Å². The first kappa shape index (κ1) is 15.0. The summed E-state index contributed by atoms with van der Waals surface area (Å²) >= 11 is 0. The highest BCUT2D eigenvalue weighted by molar-refractivity contribution is 7.90. The molecule has 0 unspecified atom stereocenters. The molecule has 1 amide bonds. The molecule has 0 spiro atoms. The monoisotopic (exact) mass is 312 g/mol. The lowest BCUT2D eigenvalue weighted by Crippen LogP contribution is -2.14. The summed E-state index contributed by atoms with van der Waals surface area (Å²) in [5, 5.41) is 2.19. The van der Waals surface area contributed by atoms with Crippen LogP contribution in [-0.2, 0) is 9.84 Å². The summed E-state index contributed by atoms with van der Waals surface area (Å²) < 4.78 is 49.3. The summed E-state index contributed by atoms with van der Waals surface area (Å²) in [6.07, 6.45) is 2.05. The number of nitrogens with zero attached hydrogens (tertiary/aromatic N) is 1. The zero-order valence-corrected chi connectivity index (χ0v) is 11.6. The van der Waals surface area contributed by atoms with Crippen LogP contribution in [0.5, 0.6) is 0 Å². The van der Waals surface area contributed by atoms with Crippen molar-refractivity contribution in [1.82, 2.24) is 4.98 Å². The van der Waals surface area contributed by atoms with Gasteiger partial charge in [0.1, 0.15) is 5.82 Å². The highest BCUT2D eigenvalue weighted by Gasteiger charge is 2.14. The molecule has 0 aliphatic heterocycles. The molecule has 2 rings (SSSR count).